The molecule has 0 radical (unpaired) electrons. The Kier molecular flexibility index (Phi) is 3.57. The molecule has 1 N–H and O–H groups in total. The molecule has 0 fully saturated rings. The third kappa shape index (κ3) is 2.29. The molecule has 0 saturated carbocycles. The predicted molar refractivity (Wildman–Crippen MR) is 54.1 cm³/mol. The first-order valence-corrected chi connectivity index (χ1v) is 4.71. The number of nitrogens with zero attached hydrogens (tertiary/aromatic N) is 1. The number of alkyl halides is 2. The number of rotatable bonds is 2. The first-order chi connectivity index (χ1) is 6.56. The molecule has 0 amide bonds. The molecule has 0 bridgehead atoms. The van der Waals surface area contributed by atoms with E-state index in [0.29, 0.717) is 0 Å². The van der Waals surface area contributed by atoms with Crippen molar-refractivity contribution in [3.05, 3.63) is 31.2 Å². The van der Waals surface area contributed by atoms with E-state index in [1.807, 2.05) is 0 Å². The highest BCUT2D eigenvalue weighted by Crippen LogP contribution is 2.25. The highest BCUT2D eigenvalue weighted by Gasteiger charge is 2.17. The number of nitriles is 1. The van der Waals surface area contributed by atoms with Crippen LogP contribution in [0.2, 0.25) is 0 Å². The van der Waals surface area contributed by atoms with Crippen LogP contribution in [0.25, 0.3) is 0 Å². The summed E-state index contributed by atoms with van der Waals surface area (Å²) in [6.45, 7) is 0. The summed E-state index contributed by atoms with van der Waals surface area (Å²) in [5.41, 5.74) is -0.727. The maximum atomic E-state index is 12.5. The second-order valence-electron chi connectivity index (χ2n) is 2.51. The highest BCUT2D eigenvalue weighted by molar-refractivity contribution is 14.1. The summed E-state index contributed by atoms with van der Waals surface area (Å²) in [7, 11) is 0. The van der Waals surface area contributed by atoms with Gasteiger partial charge >= 0.3 is 0 Å². The summed E-state index contributed by atoms with van der Waals surface area (Å²) in [5.74, 6) is 0. The number of pyridine rings is 1. The van der Waals surface area contributed by atoms with E-state index in [4.69, 9.17) is 5.26 Å². The van der Waals surface area contributed by atoms with Crippen molar-refractivity contribution in [2.24, 2.45) is 0 Å². The van der Waals surface area contributed by atoms with Gasteiger partial charge in [-0.05, 0) is 22.6 Å². The zero-order chi connectivity index (χ0) is 10.7. The molecule has 1 rings (SSSR count). The molecule has 1 aromatic heterocycles. The van der Waals surface area contributed by atoms with E-state index in [1.54, 1.807) is 28.7 Å². The van der Waals surface area contributed by atoms with Gasteiger partial charge in [-0.3, -0.25) is 4.79 Å². The van der Waals surface area contributed by atoms with Gasteiger partial charge in [0.25, 0.3) is 6.43 Å². The summed E-state index contributed by atoms with van der Waals surface area (Å²) in [4.78, 5) is 13.2. The highest BCUT2D eigenvalue weighted by atomic mass is 127. The second kappa shape index (κ2) is 4.50. The molecule has 0 aromatic carbocycles. The Labute approximate surface area is 91.9 Å². The Morgan fingerprint density at radius 2 is 2.29 bits per heavy atom. The van der Waals surface area contributed by atoms with Crippen LogP contribution in [0.3, 0.4) is 0 Å². The van der Waals surface area contributed by atoms with E-state index in [9.17, 15) is 13.6 Å². The summed E-state index contributed by atoms with van der Waals surface area (Å²) < 4.78 is 25.2. The van der Waals surface area contributed by atoms with Gasteiger partial charge in [-0.15, -0.1) is 0 Å². The number of H-pyrrole nitrogens is 1. The number of aromatic nitrogens is 1. The molecule has 0 saturated heterocycles. The quantitative estimate of drug-likeness (QED) is 0.849. The van der Waals surface area contributed by atoms with Gasteiger partial charge in [0.15, 0.2) is 0 Å². The molecule has 6 heteroatoms. The molecule has 14 heavy (non-hydrogen) atoms. The Morgan fingerprint density at radius 3 is 2.79 bits per heavy atom. The minimum Gasteiger partial charge on any atom is -0.325 e. The normalized spacial score (nSPS) is 10.2. The van der Waals surface area contributed by atoms with E-state index >= 15 is 0 Å². The lowest BCUT2D eigenvalue weighted by Gasteiger charge is -2.07. The monoisotopic (exact) mass is 310 g/mol. The maximum Gasteiger partial charge on any atom is 0.266 e. The SMILES string of the molecule is N#CCc1[nH]c(=O)cc(I)c1C(F)F. The van der Waals surface area contributed by atoms with Crippen LogP contribution in [0.4, 0.5) is 8.78 Å². The standard InChI is InChI=1S/C8H5F2IN2O/c9-8(10)7-4(11)3-6(14)13-5(7)1-2-12/h3,8H,1H2,(H,13,14). The Morgan fingerprint density at radius 1 is 1.64 bits per heavy atom. The molecule has 0 aliphatic heterocycles. The number of hydrogen-bond acceptors (Lipinski definition) is 2. The molecule has 0 aliphatic carbocycles. The van der Waals surface area contributed by atoms with Gasteiger partial charge in [0.2, 0.25) is 5.56 Å². The van der Waals surface area contributed by atoms with Gasteiger partial charge in [-0.25, -0.2) is 8.78 Å². The zero-order valence-corrected chi connectivity index (χ0v) is 9.01. The fourth-order valence-electron chi connectivity index (χ4n) is 1.04. The molecule has 3 nitrogen and oxygen atoms in total. The fraction of sp³-hybridized carbons (Fsp3) is 0.250. The van der Waals surface area contributed by atoms with Crippen molar-refractivity contribution in [1.29, 1.82) is 5.26 Å². The molecule has 1 heterocycles. The van der Waals surface area contributed by atoms with Crippen LogP contribution in [-0.4, -0.2) is 4.98 Å². The van der Waals surface area contributed by atoms with Crippen LogP contribution in [0.1, 0.15) is 17.7 Å². The van der Waals surface area contributed by atoms with Crippen molar-refractivity contribution in [3.8, 4) is 6.07 Å². The molecule has 1 aromatic rings. The summed E-state index contributed by atoms with van der Waals surface area (Å²) >= 11 is 1.66. The molecular weight excluding hydrogens is 305 g/mol. The molecule has 0 spiro atoms. The average molecular weight is 310 g/mol. The third-order valence-electron chi connectivity index (χ3n) is 1.59. The van der Waals surface area contributed by atoms with Gasteiger partial charge in [0.1, 0.15) is 0 Å². The van der Waals surface area contributed by atoms with Crippen LogP contribution in [0, 0.1) is 14.9 Å². The number of nitrogens with one attached hydrogen (secondary N) is 1. The van der Waals surface area contributed by atoms with Crippen LogP contribution in [-0.2, 0) is 6.42 Å². The average Bonchev–Trinajstić information content (AvgIpc) is 2.01. The third-order valence-corrected chi connectivity index (χ3v) is 2.48. The van der Waals surface area contributed by atoms with Crippen molar-refractivity contribution in [2.75, 3.05) is 0 Å². The van der Waals surface area contributed by atoms with E-state index in [-0.39, 0.29) is 21.2 Å². The van der Waals surface area contributed by atoms with Crippen LogP contribution < -0.4 is 5.56 Å². The van der Waals surface area contributed by atoms with E-state index in [2.05, 4.69) is 4.98 Å². The number of aromatic amines is 1. The lowest BCUT2D eigenvalue weighted by Crippen LogP contribution is -2.13. The summed E-state index contributed by atoms with van der Waals surface area (Å²) in [6.07, 6.45) is -2.90. The second-order valence-corrected chi connectivity index (χ2v) is 3.67. The Balaban J connectivity index is 3.38. The summed E-state index contributed by atoms with van der Waals surface area (Å²) in [5, 5.41) is 8.39. The van der Waals surface area contributed by atoms with E-state index in [1.165, 1.54) is 0 Å². The van der Waals surface area contributed by atoms with Crippen molar-refractivity contribution in [1.82, 2.24) is 4.98 Å². The van der Waals surface area contributed by atoms with Gasteiger partial charge in [0.05, 0.1) is 18.1 Å². The Hall–Kier alpha value is -0.970. The topological polar surface area (TPSA) is 56.6 Å². The lowest BCUT2D eigenvalue weighted by molar-refractivity contribution is 0.149. The fourth-order valence-corrected chi connectivity index (χ4v) is 1.89. The van der Waals surface area contributed by atoms with Gasteiger partial charge in [-0.1, -0.05) is 0 Å². The van der Waals surface area contributed by atoms with E-state index in [0.717, 1.165) is 6.07 Å². The minimum absolute atomic E-state index is 0.000556. The zero-order valence-electron chi connectivity index (χ0n) is 6.85. The van der Waals surface area contributed by atoms with Crippen LogP contribution >= 0.6 is 22.6 Å². The summed E-state index contributed by atoms with van der Waals surface area (Å²) in [6, 6.07) is 2.81. The molecular formula is C8H5F2IN2O. The Bertz CT molecular complexity index is 436. The predicted octanol–water partition coefficient (Wildman–Crippen LogP) is 1.98. The smallest absolute Gasteiger partial charge is 0.266 e. The van der Waals surface area contributed by atoms with Crippen molar-refractivity contribution in [2.45, 2.75) is 12.8 Å². The molecule has 0 unspecified atom stereocenters. The van der Waals surface area contributed by atoms with E-state index < -0.39 is 12.0 Å². The largest absolute Gasteiger partial charge is 0.325 e. The first-order valence-electron chi connectivity index (χ1n) is 3.63. The number of hydrogen-bond donors (Lipinski definition) is 1. The van der Waals surface area contributed by atoms with Gasteiger partial charge in [-0.2, -0.15) is 5.26 Å². The minimum atomic E-state index is -2.68. The van der Waals surface area contributed by atoms with Crippen molar-refractivity contribution >= 4 is 22.6 Å². The maximum absolute atomic E-state index is 12.5. The molecule has 0 aliphatic rings. The lowest BCUT2D eigenvalue weighted by atomic mass is 10.1. The van der Waals surface area contributed by atoms with Gasteiger partial charge in [0, 0.05) is 15.3 Å². The van der Waals surface area contributed by atoms with Gasteiger partial charge < -0.3 is 4.98 Å². The van der Waals surface area contributed by atoms with Crippen molar-refractivity contribution in [3.63, 3.8) is 0 Å². The van der Waals surface area contributed by atoms with Crippen molar-refractivity contribution < 1.29 is 8.78 Å². The molecule has 0 atom stereocenters. The van der Waals surface area contributed by atoms with Crippen LogP contribution in [0.5, 0.6) is 0 Å². The first kappa shape index (κ1) is 11.1. The van der Waals surface area contributed by atoms with Crippen LogP contribution in [0.15, 0.2) is 10.9 Å². The number of halogens is 3. The molecule has 74 valence electrons.